The van der Waals surface area contributed by atoms with Crippen LogP contribution in [0.4, 0.5) is 0 Å². The minimum atomic E-state index is -0.147. The molecule has 0 bridgehead atoms. The number of carbonyl (C=O) groups excluding carboxylic acids is 1. The number of hydrogen-bond acceptors (Lipinski definition) is 4. The van der Waals surface area contributed by atoms with Crippen molar-refractivity contribution in [1.82, 2.24) is 20.1 Å². The fourth-order valence-electron chi connectivity index (χ4n) is 1.68. The smallest absolute Gasteiger partial charge is 0.234 e. The maximum absolute atomic E-state index is 11.1. The molecule has 6 heteroatoms. The Bertz CT molecular complexity index is 334. The summed E-state index contributed by atoms with van der Waals surface area (Å²) in [6.45, 7) is 0.898. The van der Waals surface area contributed by atoms with Crippen LogP contribution in [0.25, 0.3) is 0 Å². The molecule has 0 spiro atoms. The van der Waals surface area contributed by atoms with E-state index in [0.29, 0.717) is 0 Å². The van der Waals surface area contributed by atoms with Crippen molar-refractivity contribution in [2.75, 3.05) is 6.54 Å². The lowest BCUT2D eigenvalue weighted by Gasteiger charge is -2.22. The molecule has 0 radical (unpaired) electrons. The van der Waals surface area contributed by atoms with Crippen LogP contribution < -0.4 is 11.1 Å². The van der Waals surface area contributed by atoms with E-state index < -0.39 is 0 Å². The maximum Gasteiger partial charge on any atom is 0.234 e. The van der Waals surface area contributed by atoms with Crippen LogP contribution >= 0.6 is 0 Å². The van der Waals surface area contributed by atoms with E-state index in [0.717, 1.165) is 25.2 Å². The maximum atomic E-state index is 11.1. The summed E-state index contributed by atoms with van der Waals surface area (Å²) in [7, 11) is 0. The van der Waals surface area contributed by atoms with Gasteiger partial charge in [-0.1, -0.05) is 0 Å². The molecule has 1 aromatic heterocycles. The quantitative estimate of drug-likeness (QED) is 0.646. The van der Waals surface area contributed by atoms with Crippen LogP contribution in [0.1, 0.15) is 24.7 Å². The summed E-state index contributed by atoms with van der Waals surface area (Å²) in [4.78, 5) is 15.2. The molecule has 2 heterocycles. The molecule has 0 aromatic carbocycles. The Morgan fingerprint density at radius 1 is 1.79 bits per heavy atom. The van der Waals surface area contributed by atoms with E-state index >= 15 is 0 Å². The molecule has 1 aromatic rings. The van der Waals surface area contributed by atoms with Gasteiger partial charge in [-0.25, -0.2) is 9.67 Å². The fourth-order valence-corrected chi connectivity index (χ4v) is 1.68. The summed E-state index contributed by atoms with van der Waals surface area (Å²) >= 11 is 0. The van der Waals surface area contributed by atoms with Crippen molar-refractivity contribution in [1.29, 1.82) is 0 Å². The van der Waals surface area contributed by atoms with Gasteiger partial charge in [-0.05, 0) is 12.8 Å². The highest BCUT2D eigenvalue weighted by Gasteiger charge is 2.23. The zero-order valence-electron chi connectivity index (χ0n) is 7.81. The van der Waals surface area contributed by atoms with Gasteiger partial charge >= 0.3 is 0 Å². The molecule has 0 saturated carbocycles. The fraction of sp³-hybridized carbons (Fsp3) is 0.625. The number of nitrogens with zero attached hydrogens (tertiary/aromatic N) is 3. The molecule has 2 rings (SSSR count). The molecule has 1 aliphatic rings. The molecule has 14 heavy (non-hydrogen) atoms. The van der Waals surface area contributed by atoms with Gasteiger partial charge in [0.25, 0.3) is 0 Å². The van der Waals surface area contributed by atoms with Crippen LogP contribution in [-0.4, -0.2) is 27.2 Å². The van der Waals surface area contributed by atoms with Gasteiger partial charge < -0.3 is 11.1 Å². The molecule has 0 aliphatic carbocycles. The van der Waals surface area contributed by atoms with E-state index in [-0.39, 0.29) is 18.5 Å². The van der Waals surface area contributed by atoms with E-state index in [1.165, 1.54) is 6.33 Å². The second-order valence-corrected chi connectivity index (χ2v) is 3.31. The van der Waals surface area contributed by atoms with E-state index in [1.807, 2.05) is 4.68 Å². The van der Waals surface area contributed by atoms with Gasteiger partial charge in [-0.3, -0.25) is 4.79 Å². The molecule has 3 N–H and O–H groups in total. The highest BCUT2D eigenvalue weighted by atomic mass is 16.1. The van der Waals surface area contributed by atoms with Gasteiger partial charge in [0, 0.05) is 6.54 Å². The van der Waals surface area contributed by atoms with Crippen molar-refractivity contribution < 1.29 is 4.79 Å². The van der Waals surface area contributed by atoms with Crippen molar-refractivity contribution in [2.24, 2.45) is 5.73 Å². The number of fused-ring (bicyclic) bond motifs is 1. The number of nitrogens with one attached hydrogen (secondary N) is 1. The Hall–Kier alpha value is -1.43. The first-order valence-electron chi connectivity index (χ1n) is 4.68. The van der Waals surface area contributed by atoms with Crippen LogP contribution in [0.2, 0.25) is 0 Å². The SMILES string of the molecule is NCC(=O)NC1CCCn2ncnc21. The molecule has 1 unspecified atom stereocenters. The third-order valence-corrected chi connectivity index (χ3v) is 2.34. The second kappa shape index (κ2) is 3.75. The van der Waals surface area contributed by atoms with Crippen molar-refractivity contribution in [2.45, 2.75) is 25.4 Å². The van der Waals surface area contributed by atoms with Gasteiger partial charge in [0.2, 0.25) is 5.91 Å². The van der Waals surface area contributed by atoms with E-state index in [1.54, 1.807) is 0 Å². The monoisotopic (exact) mass is 195 g/mol. The van der Waals surface area contributed by atoms with Gasteiger partial charge in [-0.2, -0.15) is 5.10 Å². The van der Waals surface area contributed by atoms with Crippen LogP contribution in [0.3, 0.4) is 0 Å². The zero-order valence-corrected chi connectivity index (χ0v) is 7.81. The topological polar surface area (TPSA) is 85.8 Å². The number of aromatic nitrogens is 3. The van der Waals surface area contributed by atoms with Gasteiger partial charge in [-0.15, -0.1) is 0 Å². The number of amides is 1. The number of nitrogens with two attached hydrogens (primary N) is 1. The van der Waals surface area contributed by atoms with Crippen LogP contribution in [0.15, 0.2) is 6.33 Å². The lowest BCUT2D eigenvalue weighted by molar-refractivity contribution is -0.120. The predicted octanol–water partition coefficient (Wildman–Crippen LogP) is -0.812. The summed E-state index contributed by atoms with van der Waals surface area (Å²) in [6, 6.07) is -0.0256. The minimum Gasteiger partial charge on any atom is -0.345 e. The first-order valence-corrected chi connectivity index (χ1v) is 4.68. The molecule has 1 aliphatic heterocycles. The molecule has 6 nitrogen and oxygen atoms in total. The first kappa shape index (κ1) is 9.14. The molecule has 76 valence electrons. The molecule has 0 fully saturated rings. The number of hydrogen-bond donors (Lipinski definition) is 2. The molecule has 1 amide bonds. The third-order valence-electron chi connectivity index (χ3n) is 2.34. The van der Waals surface area contributed by atoms with E-state index in [4.69, 9.17) is 5.73 Å². The average molecular weight is 195 g/mol. The van der Waals surface area contributed by atoms with E-state index in [2.05, 4.69) is 15.4 Å². The van der Waals surface area contributed by atoms with Crippen molar-refractivity contribution in [3.05, 3.63) is 12.2 Å². The van der Waals surface area contributed by atoms with Crippen molar-refractivity contribution >= 4 is 5.91 Å². The Balaban J connectivity index is 2.12. The van der Waals surface area contributed by atoms with Crippen molar-refractivity contribution in [3.63, 3.8) is 0 Å². The highest BCUT2D eigenvalue weighted by molar-refractivity contribution is 5.78. The molecular weight excluding hydrogens is 182 g/mol. The number of rotatable bonds is 2. The largest absolute Gasteiger partial charge is 0.345 e. The van der Waals surface area contributed by atoms with Crippen LogP contribution in [0.5, 0.6) is 0 Å². The second-order valence-electron chi connectivity index (χ2n) is 3.31. The minimum absolute atomic E-state index is 0.0185. The Labute approximate surface area is 81.5 Å². The predicted molar refractivity (Wildman–Crippen MR) is 49.2 cm³/mol. The van der Waals surface area contributed by atoms with Crippen LogP contribution in [-0.2, 0) is 11.3 Å². The van der Waals surface area contributed by atoms with Gasteiger partial charge in [0.05, 0.1) is 12.6 Å². The summed E-state index contributed by atoms with van der Waals surface area (Å²) in [5, 5.41) is 6.89. The summed E-state index contributed by atoms with van der Waals surface area (Å²) < 4.78 is 1.82. The Kier molecular flexibility index (Phi) is 2.45. The first-order chi connectivity index (χ1) is 6.81. The molecule has 0 saturated heterocycles. The number of carbonyl (C=O) groups is 1. The highest BCUT2D eigenvalue weighted by Crippen LogP contribution is 2.21. The standard InChI is InChI=1S/C8H13N5O/c9-4-7(14)12-6-2-1-3-13-8(6)10-5-11-13/h5-6H,1-4,9H2,(H,12,14). The molecule has 1 atom stereocenters. The van der Waals surface area contributed by atoms with Gasteiger partial charge in [0.1, 0.15) is 12.2 Å². The average Bonchev–Trinajstić information content (AvgIpc) is 2.66. The molecular formula is C8H13N5O. The van der Waals surface area contributed by atoms with Crippen LogP contribution in [0, 0.1) is 0 Å². The third kappa shape index (κ3) is 1.60. The Morgan fingerprint density at radius 2 is 2.64 bits per heavy atom. The van der Waals surface area contributed by atoms with Gasteiger partial charge in [0.15, 0.2) is 0 Å². The van der Waals surface area contributed by atoms with E-state index in [9.17, 15) is 4.79 Å². The summed E-state index contributed by atoms with van der Waals surface area (Å²) in [5.74, 6) is 0.685. The summed E-state index contributed by atoms with van der Waals surface area (Å²) in [5.41, 5.74) is 5.23. The summed E-state index contributed by atoms with van der Waals surface area (Å²) in [6.07, 6.45) is 3.43. The lowest BCUT2D eigenvalue weighted by Crippen LogP contribution is -2.36. The lowest BCUT2D eigenvalue weighted by atomic mass is 10.1. The normalized spacial score (nSPS) is 20.2. The van der Waals surface area contributed by atoms with Crippen molar-refractivity contribution in [3.8, 4) is 0 Å². The zero-order chi connectivity index (χ0) is 9.97. The number of aryl methyl sites for hydroxylation is 1. The Morgan fingerprint density at radius 3 is 3.43 bits per heavy atom.